The topological polar surface area (TPSA) is 27.1 Å². The summed E-state index contributed by atoms with van der Waals surface area (Å²) in [6.45, 7) is 1.91. The zero-order valence-electron chi connectivity index (χ0n) is 8.67. The van der Waals surface area contributed by atoms with Crippen LogP contribution in [-0.2, 0) is 6.54 Å². The first-order chi connectivity index (χ1) is 7.25. The van der Waals surface area contributed by atoms with Crippen molar-refractivity contribution >= 4 is 21.8 Å². The van der Waals surface area contributed by atoms with E-state index < -0.39 is 0 Å². The third kappa shape index (κ3) is 2.81. The van der Waals surface area contributed by atoms with Gasteiger partial charge in [0.25, 0.3) is 0 Å². The minimum atomic E-state index is 0.793. The van der Waals surface area contributed by atoms with Crippen LogP contribution in [0.15, 0.2) is 28.7 Å². The molecule has 2 nitrogen and oxygen atoms in total. The molecule has 1 aromatic carbocycles. The molecule has 1 aromatic rings. The van der Waals surface area contributed by atoms with Gasteiger partial charge in [-0.05, 0) is 30.5 Å². The highest BCUT2D eigenvalue weighted by molar-refractivity contribution is 9.10. The molecule has 0 saturated carbocycles. The monoisotopic (exact) mass is 266 g/mol. The maximum Gasteiger partial charge on any atom is 0.0960 e. The van der Waals surface area contributed by atoms with Gasteiger partial charge in [-0.2, -0.15) is 0 Å². The summed E-state index contributed by atoms with van der Waals surface area (Å²) in [4.78, 5) is 2.17. The van der Waals surface area contributed by atoms with Crippen molar-refractivity contribution in [2.24, 2.45) is 0 Å². The molecular formula is C12H15BrN2. The highest BCUT2D eigenvalue weighted by atomic mass is 79.9. The van der Waals surface area contributed by atoms with E-state index in [-0.39, 0.29) is 0 Å². The Morgan fingerprint density at radius 1 is 1.33 bits per heavy atom. The molecule has 0 atom stereocenters. The Balaban J connectivity index is 2.04. The lowest BCUT2D eigenvalue weighted by Crippen LogP contribution is -2.34. The van der Waals surface area contributed by atoms with Crippen molar-refractivity contribution in [1.82, 2.24) is 4.90 Å². The van der Waals surface area contributed by atoms with Crippen molar-refractivity contribution in [3.05, 3.63) is 34.3 Å². The van der Waals surface area contributed by atoms with Gasteiger partial charge in [-0.3, -0.25) is 5.41 Å². The molecule has 0 amide bonds. The molecule has 0 aliphatic carbocycles. The molecule has 15 heavy (non-hydrogen) atoms. The lowest BCUT2D eigenvalue weighted by atomic mass is 10.1. The van der Waals surface area contributed by atoms with Gasteiger partial charge < -0.3 is 4.90 Å². The molecule has 0 bridgehead atoms. The molecule has 1 saturated heterocycles. The summed E-state index contributed by atoms with van der Waals surface area (Å²) in [5.74, 6) is 0.793. The summed E-state index contributed by atoms with van der Waals surface area (Å²) in [5.41, 5.74) is 1.27. The number of halogens is 1. The lowest BCUT2D eigenvalue weighted by molar-refractivity contribution is 0.361. The predicted octanol–water partition coefficient (Wildman–Crippen LogP) is 3.41. The van der Waals surface area contributed by atoms with Crippen LogP contribution in [0.3, 0.4) is 0 Å². The number of likely N-dealkylation sites (tertiary alicyclic amines) is 1. The van der Waals surface area contributed by atoms with Crippen LogP contribution in [0.2, 0.25) is 0 Å². The molecule has 0 spiro atoms. The van der Waals surface area contributed by atoms with E-state index in [0.717, 1.165) is 29.8 Å². The first-order valence-electron chi connectivity index (χ1n) is 5.32. The predicted molar refractivity (Wildman–Crippen MR) is 66.1 cm³/mol. The average Bonchev–Trinajstić information content (AvgIpc) is 2.22. The largest absolute Gasteiger partial charge is 0.356 e. The van der Waals surface area contributed by atoms with Crippen molar-refractivity contribution < 1.29 is 0 Å². The fraction of sp³-hybridized carbons (Fsp3) is 0.417. The molecule has 1 heterocycles. The van der Waals surface area contributed by atoms with Crippen molar-refractivity contribution in [1.29, 1.82) is 5.41 Å². The van der Waals surface area contributed by atoms with Gasteiger partial charge in [0.1, 0.15) is 0 Å². The summed E-state index contributed by atoms with van der Waals surface area (Å²) in [7, 11) is 0. The van der Waals surface area contributed by atoms with Gasteiger partial charge in [0.15, 0.2) is 0 Å². The van der Waals surface area contributed by atoms with E-state index in [1.54, 1.807) is 0 Å². The Morgan fingerprint density at radius 2 is 2.20 bits per heavy atom. The van der Waals surface area contributed by atoms with Gasteiger partial charge in [0.05, 0.1) is 5.84 Å². The normalized spacial score (nSPS) is 16.9. The second-order valence-corrected chi connectivity index (χ2v) is 4.87. The van der Waals surface area contributed by atoms with Crippen LogP contribution in [0.5, 0.6) is 0 Å². The maximum atomic E-state index is 7.86. The van der Waals surface area contributed by atoms with Crippen LogP contribution < -0.4 is 0 Å². The van der Waals surface area contributed by atoms with Crippen molar-refractivity contribution in [2.45, 2.75) is 25.8 Å². The number of piperidine rings is 1. The number of amidine groups is 1. The van der Waals surface area contributed by atoms with Crippen LogP contribution in [0, 0.1) is 5.41 Å². The summed E-state index contributed by atoms with van der Waals surface area (Å²) in [6.07, 6.45) is 3.33. The maximum absolute atomic E-state index is 7.86. The van der Waals surface area contributed by atoms with Crippen molar-refractivity contribution in [2.75, 3.05) is 6.54 Å². The summed E-state index contributed by atoms with van der Waals surface area (Å²) < 4.78 is 1.11. The first kappa shape index (κ1) is 10.7. The van der Waals surface area contributed by atoms with Gasteiger partial charge >= 0.3 is 0 Å². The second-order valence-electron chi connectivity index (χ2n) is 3.96. The SMILES string of the molecule is N=C1CCCCN1Cc1cccc(Br)c1. The van der Waals surface area contributed by atoms with Crippen LogP contribution in [0.25, 0.3) is 0 Å². The third-order valence-corrected chi connectivity index (χ3v) is 3.23. The van der Waals surface area contributed by atoms with Crippen LogP contribution >= 0.6 is 15.9 Å². The van der Waals surface area contributed by atoms with Gasteiger partial charge in [-0.25, -0.2) is 0 Å². The van der Waals surface area contributed by atoms with E-state index in [1.807, 2.05) is 12.1 Å². The summed E-state index contributed by atoms with van der Waals surface area (Å²) in [5, 5.41) is 7.86. The molecule has 1 fully saturated rings. The smallest absolute Gasteiger partial charge is 0.0960 e. The number of nitrogens with one attached hydrogen (secondary N) is 1. The standard InChI is InChI=1S/C12H15BrN2/c13-11-5-3-4-10(8-11)9-15-7-2-1-6-12(15)14/h3-5,8,14H,1-2,6-7,9H2. The number of hydrogen-bond acceptors (Lipinski definition) is 1. The summed E-state index contributed by atoms with van der Waals surface area (Å²) in [6, 6.07) is 8.33. The van der Waals surface area contributed by atoms with Gasteiger partial charge in [0.2, 0.25) is 0 Å². The molecule has 1 N–H and O–H groups in total. The Kier molecular flexibility index (Phi) is 3.41. The Hall–Kier alpha value is -0.830. The zero-order chi connectivity index (χ0) is 10.7. The van der Waals surface area contributed by atoms with Gasteiger partial charge in [-0.15, -0.1) is 0 Å². The molecule has 0 unspecified atom stereocenters. The average molecular weight is 267 g/mol. The van der Waals surface area contributed by atoms with E-state index >= 15 is 0 Å². The van der Waals surface area contributed by atoms with Crippen molar-refractivity contribution in [3.8, 4) is 0 Å². The number of benzene rings is 1. The Labute approximate surface area is 98.9 Å². The molecule has 0 radical (unpaired) electrons. The number of hydrogen-bond donors (Lipinski definition) is 1. The van der Waals surface area contributed by atoms with E-state index in [1.165, 1.54) is 18.4 Å². The van der Waals surface area contributed by atoms with Crippen LogP contribution in [0.1, 0.15) is 24.8 Å². The highest BCUT2D eigenvalue weighted by Gasteiger charge is 2.14. The lowest BCUT2D eigenvalue weighted by Gasteiger charge is -2.29. The second kappa shape index (κ2) is 4.79. The third-order valence-electron chi connectivity index (χ3n) is 2.74. The number of nitrogens with zero attached hydrogens (tertiary/aromatic N) is 1. The van der Waals surface area contributed by atoms with Crippen LogP contribution in [0.4, 0.5) is 0 Å². The minimum absolute atomic E-state index is 0.793. The van der Waals surface area contributed by atoms with Crippen molar-refractivity contribution in [3.63, 3.8) is 0 Å². The van der Waals surface area contributed by atoms with Crippen LogP contribution in [-0.4, -0.2) is 17.3 Å². The molecule has 80 valence electrons. The quantitative estimate of drug-likeness (QED) is 0.873. The first-order valence-corrected chi connectivity index (χ1v) is 6.12. The van der Waals surface area contributed by atoms with Gasteiger partial charge in [-0.1, -0.05) is 28.1 Å². The fourth-order valence-electron chi connectivity index (χ4n) is 1.92. The van der Waals surface area contributed by atoms with E-state index in [0.29, 0.717) is 0 Å². The molecular weight excluding hydrogens is 252 g/mol. The highest BCUT2D eigenvalue weighted by Crippen LogP contribution is 2.17. The van der Waals surface area contributed by atoms with Gasteiger partial charge in [0, 0.05) is 24.0 Å². The fourth-order valence-corrected chi connectivity index (χ4v) is 2.37. The van der Waals surface area contributed by atoms with E-state index in [4.69, 9.17) is 5.41 Å². The summed E-state index contributed by atoms with van der Waals surface area (Å²) >= 11 is 3.47. The molecule has 3 heteroatoms. The molecule has 2 rings (SSSR count). The minimum Gasteiger partial charge on any atom is -0.356 e. The molecule has 1 aliphatic rings. The Morgan fingerprint density at radius 3 is 2.93 bits per heavy atom. The Bertz CT molecular complexity index is 362. The molecule has 1 aliphatic heterocycles. The zero-order valence-corrected chi connectivity index (χ0v) is 10.3. The number of rotatable bonds is 2. The van der Waals surface area contributed by atoms with E-state index in [2.05, 4.69) is 33.0 Å². The molecule has 0 aromatic heterocycles. The van der Waals surface area contributed by atoms with E-state index in [9.17, 15) is 0 Å².